The lowest BCUT2D eigenvalue weighted by molar-refractivity contribution is 0.0207. The van der Waals surface area contributed by atoms with Gasteiger partial charge in [0.15, 0.2) is 0 Å². The van der Waals surface area contributed by atoms with Crippen molar-refractivity contribution < 1.29 is 19.4 Å². The zero-order valence-electron chi connectivity index (χ0n) is 10.6. The molecule has 0 radical (unpaired) electrons. The number of urea groups is 1. The molecule has 108 valence electrons. The van der Waals surface area contributed by atoms with Gasteiger partial charge in [0.1, 0.15) is 0 Å². The maximum Gasteiger partial charge on any atom is 0.335 e. The minimum absolute atomic E-state index is 0.0131. The number of carboxylic acids is 1. The molecule has 2 amide bonds. The Morgan fingerprint density at radius 2 is 1.95 bits per heavy atom. The highest BCUT2D eigenvalue weighted by Crippen LogP contribution is 2.19. The second kappa shape index (κ2) is 6.56. The van der Waals surface area contributed by atoms with Gasteiger partial charge < -0.3 is 15.2 Å². The predicted octanol–water partition coefficient (Wildman–Crippen LogP) is 1.41. The normalized spacial score (nSPS) is 15.7. The van der Waals surface area contributed by atoms with Crippen LogP contribution in [0.25, 0.3) is 0 Å². The zero-order valence-corrected chi connectivity index (χ0v) is 11.3. The SMILES string of the molecule is O=C(Nc1cc(Cl)cc(C(=O)O)c1)NN1CCOCC1. The lowest BCUT2D eigenvalue weighted by Gasteiger charge is -2.26. The van der Waals surface area contributed by atoms with Crippen LogP contribution in [-0.4, -0.2) is 48.4 Å². The van der Waals surface area contributed by atoms with Gasteiger partial charge in [-0.3, -0.25) is 5.43 Å². The summed E-state index contributed by atoms with van der Waals surface area (Å²) in [5, 5.41) is 13.4. The van der Waals surface area contributed by atoms with Crippen LogP contribution in [-0.2, 0) is 4.74 Å². The lowest BCUT2D eigenvalue weighted by atomic mass is 10.2. The highest BCUT2D eigenvalue weighted by molar-refractivity contribution is 6.31. The summed E-state index contributed by atoms with van der Waals surface area (Å²) in [6.07, 6.45) is 0. The number of aromatic carboxylic acids is 1. The molecule has 0 spiro atoms. The van der Waals surface area contributed by atoms with Crippen LogP contribution in [0, 0.1) is 0 Å². The molecule has 0 unspecified atom stereocenters. The maximum absolute atomic E-state index is 11.8. The summed E-state index contributed by atoms with van der Waals surface area (Å²) < 4.78 is 5.16. The number of morpholine rings is 1. The molecule has 3 N–H and O–H groups in total. The number of amides is 2. The fourth-order valence-electron chi connectivity index (χ4n) is 1.76. The van der Waals surface area contributed by atoms with E-state index >= 15 is 0 Å². The second-order valence-electron chi connectivity index (χ2n) is 4.20. The van der Waals surface area contributed by atoms with Crippen molar-refractivity contribution in [2.75, 3.05) is 31.6 Å². The number of halogens is 1. The number of benzene rings is 1. The number of hydrazine groups is 1. The van der Waals surface area contributed by atoms with Crippen molar-refractivity contribution in [3.63, 3.8) is 0 Å². The topological polar surface area (TPSA) is 90.9 Å². The fourth-order valence-corrected chi connectivity index (χ4v) is 2.00. The number of carboxylic acid groups (broad SMARTS) is 1. The van der Waals surface area contributed by atoms with Crippen molar-refractivity contribution >= 4 is 29.3 Å². The molecule has 0 bridgehead atoms. The number of carbonyl (C=O) groups excluding carboxylic acids is 1. The van der Waals surface area contributed by atoms with Gasteiger partial charge in [0.05, 0.1) is 18.8 Å². The van der Waals surface area contributed by atoms with Crippen molar-refractivity contribution in [2.24, 2.45) is 0 Å². The molecule has 1 aliphatic heterocycles. The van der Waals surface area contributed by atoms with E-state index in [2.05, 4.69) is 10.7 Å². The molecular weight excluding hydrogens is 286 g/mol. The van der Waals surface area contributed by atoms with Crippen molar-refractivity contribution in [3.05, 3.63) is 28.8 Å². The highest BCUT2D eigenvalue weighted by Gasteiger charge is 2.14. The summed E-state index contributed by atoms with van der Waals surface area (Å²) in [5.74, 6) is -1.11. The molecule has 20 heavy (non-hydrogen) atoms. The predicted molar refractivity (Wildman–Crippen MR) is 73.0 cm³/mol. The van der Waals surface area contributed by atoms with Crippen LogP contribution < -0.4 is 10.7 Å². The molecule has 1 aromatic carbocycles. The fraction of sp³-hybridized carbons (Fsp3) is 0.333. The molecule has 0 saturated carbocycles. The van der Waals surface area contributed by atoms with E-state index in [4.69, 9.17) is 21.4 Å². The number of nitrogens with zero attached hydrogens (tertiary/aromatic N) is 1. The lowest BCUT2D eigenvalue weighted by Crippen LogP contribution is -2.49. The monoisotopic (exact) mass is 299 g/mol. The number of rotatable bonds is 3. The Bertz CT molecular complexity index is 517. The quantitative estimate of drug-likeness (QED) is 0.785. The second-order valence-corrected chi connectivity index (χ2v) is 4.64. The molecule has 2 rings (SSSR count). The van der Waals surface area contributed by atoms with E-state index in [0.29, 0.717) is 32.0 Å². The third kappa shape index (κ3) is 4.09. The Hall–Kier alpha value is -1.83. The minimum Gasteiger partial charge on any atom is -0.478 e. The number of carbonyl (C=O) groups is 2. The van der Waals surface area contributed by atoms with Crippen LogP contribution in [0.1, 0.15) is 10.4 Å². The minimum atomic E-state index is -1.11. The summed E-state index contributed by atoms with van der Waals surface area (Å²) in [6.45, 7) is 2.31. The summed E-state index contributed by atoms with van der Waals surface area (Å²) in [5.41, 5.74) is 2.98. The number of hydrogen-bond donors (Lipinski definition) is 3. The average Bonchev–Trinajstić information content (AvgIpc) is 2.38. The molecular formula is C12H14ClN3O4. The van der Waals surface area contributed by atoms with Gasteiger partial charge >= 0.3 is 12.0 Å². The first kappa shape index (κ1) is 14.6. The molecule has 8 heteroatoms. The van der Waals surface area contributed by atoms with Gasteiger partial charge in [-0.15, -0.1) is 0 Å². The Morgan fingerprint density at radius 3 is 2.60 bits per heavy atom. The standard InChI is InChI=1S/C12H14ClN3O4/c13-9-5-8(11(17)18)6-10(7-9)14-12(19)15-16-1-3-20-4-2-16/h5-7H,1-4H2,(H,17,18)(H2,14,15,19). The molecule has 1 saturated heterocycles. The first-order valence-corrected chi connectivity index (χ1v) is 6.36. The van der Waals surface area contributed by atoms with Crippen molar-refractivity contribution in [1.82, 2.24) is 10.4 Å². The largest absolute Gasteiger partial charge is 0.478 e. The third-order valence-electron chi connectivity index (χ3n) is 2.67. The number of anilines is 1. The van der Waals surface area contributed by atoms with Crippen molar-refractivity contribution in [3.8, 4) is 0 Å². The Kier molecular flexibility index (Phi) is 4.78. The van der Waals surface area contributed by atoms with E-state index in [1.54, 1.807) is 5.01 Å². The van der Waals surface area contributed by atoms with E-state index in [1.807, 2.05) is 0 Å². The van der Waals surface area contributed by atoms with Gasteiger partial charge in [-0.05, 0) is 18.2 Å². The van der Waals surface area contributed by atoms with E-state index in [9.17, 15) is 9.59 Å². The molecule has 0 aliphatic carbocycles. The highest BCUT2D eigenvalue weighted by atomic mass is 35.5. The zero-order chi connectivity index (χ0) is 14.5. The maximum atomic E-state index is 11.8. The summed E-state index contributed by atoms with van der Waals surface area (Å²) in [6, 6.07) is 3.68. The average molecular weight is 300 g/mol. The molecule has 1 aromatic rings. The summed E-state index contributed by atoms with van der Waals surface area (Å²) in [4.78, 5) is 22.7. The van der Waals surface area contributed by atoms with Crippen LogP contribution in [0.2, 0.25) is 5.02 Å². The Morgan fingerprint density at radius 1 is 1.25 bits per heavy atom. The van der Waals surface area contributed by atoms with Gasteiger partial charge in [-0.1, -0.05) is 11.6 Å². The first-order valence-electron chi connectivity index (χ1n) is 5.99. The van der Waals surface area contributed by atoms with Crippen LogP contribution in [0.3, 0.4) is 0 Å². The van der Waals surface area contributed by atoms with Crippen molar-refractivity contribution in [1.29, 1.82) is 0 Å². The van der Waals surface area contributed by atoms with E-state index in [1.165, 1.54) is 18.2 Å². The van der Waals surface area contributed by atoms with Gasteiger partial charge in [0, 0.05) is 23.8 Å². The number of nitrogens with one attached hydrogen (secondary N) is 2. The van der Waals surface area contributed by atoms with E-state index in [-0.39, 0.29) is 10.6 Å². The first-order chi connectivity index (χ1) is 9.54. The van der Waals surface area contributed by atoms with Crippen LogP contribution in [0.15, 0.2) is 18.2 Å². The molecule has 1 heterocycles. The van der Waals surface area contributed by atoms with Gasteiger partial charge in [-0.25, -0.2) is 14.6 Å². The molecule has 7 nitrogen and oxygen atoms in total. The Balaban J connectivity index is 1.98. The van der Waals surface area contributed by atoms with Crippen LogP contribution in [0.4, 0.5) is 10.5 Å². The smallest absolute Gasteiger partial charge is 0.335 e. The van der Waals surface area contributed by atoms with Gasteiger partial charge in [0.25, 0.3) is 0 Å². The van der Waals surface area contributed by atoms with Crippen molar-refractivity contribution in [2.45, 2.75) is 0 Å². The van der Waals surface area contributed by atoms with Crippen LogP contribution in [0.5, 0.6) is 0 Å². The summed E-state index contributed by atoms with van der Waals surface area (Å²) in [7, 11) is 0. The van der Waals surface area contributed by atoms with Gasteiger partial charge in [0.2, 0.25) is 0 Å². The molecule has 1 fully saturated rings. The van der Waals surface area contributed by atoms with E-state index < -0.39 is 12.0 Å². The van der Waals surface area contributed by atoms with E-state index in [0.717, 1.165) is 0 Å². The van der Waals surface area contributed by atoms with Gasteiger partial charge in [-0.2, -0.15) is 0 Å². The summed E-state index contributed by atoms with van der Waals surface area (Å²) >= 11 is 5.81. The Labute approximate surface area is 120 Å². The molecule has 0 aromatic heterocycles. The van der Waals surface area contributed by atoms with Crippen LogP contribution >= 0.6 is 11.6 Å². The third-order valence-corrected chi connectivity index (χ3v) is 2.89. The molecule has 1 aliphatic rings. The molecule has 0 atom stereocenters. The number of ether oxygens (including phenoxy) is 1. The number of hydrogen-bond acceptors (Lipinski definition) is 4.